The number of halogens is 1. The summed E-state index contributed by atoms with van der Waals surface area (Å²) in [4.78, 5) is 14.7. The van der Waals surface area contributed by atoms with Crippen molar-refractivity contribution in [3.63, 3.8) is 0 Å². The predicted octanol–water partition coefficient (Wildman–Crippen LogP) is 3.24. The lowest BCUT2D eigenvalue weighted by Gasteiger charge is -2.11. The van der Waals surface area contributed by atoms with Crippen molar-refractivity contribution in [3.05, 3.63) is 28.9 Å². The normalized spacial score (nSPS) is 10.3. The average Bonchev–Trinajstić information content (AvgIpc) is 2.38. The summed E-state index contributed by atoms with van der Waals surface area (Å²) in [5.41, 5.74) is 1.35. The Labute approximate surface area is 119 Å². The van der Waals surface area contributed by atoms with Crippen LogP contribution in [0.2, 0.25) is 5.02 Å². The zero-order valence-electron chi connectivity index (χ0n) is 10.8. The third kappa shape index (κ3) is 3.03. The summed E-state index contributed by atoms with van der Waals surface area (Å²) in [6.07, 6.45) is -1.40. The molecule has 2 rings (SSSR count). The van der Waals surface area contributed by atoms with Crippen LogP contribution in [0.3, 0.4) is 0 Å². The van der Waals surface area contributed by atoms with E-state index in [1.165, 1.54) is 7.11 Å². The quantitative estimate of drug-likeness (QED) is 0.689. The van der Waals surface area contributed by atoms with Crippen LogP contribution < -0.4 is 9.47 Å². The molecular weight excluding hydrogens is 286 g/mol. The number of carboxylic acid groups (broad SMARTS) is 1. The maximum atomic E-state index is 10.3. The molecule has 0 saturated carbocycles. The Bertz CT molecular complexity index is 659. The molecule has 1 aromatic heterocycles. The summed E-state index contributed by atoms with van der Waals surface area (Å²) in [5, 5.41) is 9.48. The molecule has 6 nitrogen and oxygen atoms in total. The van der Waals surface area contributed by atoms with Gasteiger partial charge in [-0.3, -0.25) is 4.98 Å². The molecule has 0 aliphatic heterocycles. The van der Waals surface area contributed by atoms with Crippen molar-refractivity contribution in [1.82, 2.24) is 4.98 Å². The molecule has 0 fully saturated rings. The van der Waals surface area contributed by atoms with Crippen molar-refractivity contribution in [2.75, 3.05) is 13.9 Å². The van der Waals surface area contributed by atoms with Crippen molar-refractivity contribution in [3.8, 4) is 11.5 Å². The lowest BCUT2D eigenvalue weighted by Crippen LogP contribution is -2.08. The highest BCUT2D eigenvalue weighted by atomic mass is 35.5. The van der Waals surface area contributed by atoms with Crippen LogP contribution in [0.15, 0.2) is 18.2 Å². The van der Waals surface area contributed by atoms with Crippen molar-refractivity contribution < 1.29 is 24.1 Å². The molecule has 7 heteroatoms. The van der Waals surface area contributed by atoms with Crippen molar-refractivity contribution in [1.29, 1.82) is 0 Å². The number of fused-ring (bicyclic) bond motifs is 1. The van der Waals surface area contributed by atoms with Gasteiger partial charge < -0.3 is 19.3 Å². The first-order valence-corrected chi connectivity index (χ1v) is 6.02. The molecule has 0 amide bonds. The molecule has 106 valence electrons. The molecule has 1 N–H and O–H groups in total. The predicted molar refractivity (Wildman–Crippen MR) is 72.6 cm³/mol. The molecule has 0 radical (unpaired) electrons. The highest BCUT2D eigenvalue weighted by Gasteiger charge is 2.11. The monoisotopic (exact) mass is 297 g/mol. The standard InChI is InChI=1S/C13H12ClNO5/c1-7-3-11(19-6-20-13(16)17)8-4-9(14)12(18-2)5-10(8)15-7/h3-5H,6H2,1-2H3,(H,16,17). The topological polar surface area (TPSA) is 77.9 Å². The lowest BCUT2D eigenvalue weighted by molar-refractivity contribution is 0.0267. The van der Waals surface area contributed by atoms with Crippen LogP contribution in [-0.2, 0) is 4.74 Å². The van der Waals surface area contributed by atoms with Crippen LogP contribution in [0.4, 0.5) is 4.79 Å². The minimum absolute atomic E-state index is 0.405. The average molecular weight is 298 g/mol. The Morgan fingerprint density at radius 3 is 2.75 bits per heavy atom. The summed E-state index contributed by atoms with van der Waals surface area (Å²) >= 11 is 6.07. The molecule has 0 saturated heterocycles. The third-order valence-electron chi connectivity index (χ3n) is 2.57. The number of hydrogen-bond donors (Lipinski definition) is 1. The van der Waals surface area contributed by atoms with E-state index in [2.05, 4.69) is 9.72 Å². The van der Waals surface area contributed by atoms with Gasteiger partial charge in [-0.05, 0) is 13.0 Å². The molecule has 20 heavy (non-hydrogen) atoms. The minimum atomic E-state index is -1.40. The number of rotatable bonds is 4. The number of aryl methyl sites for hydroxylation is 1. The van der Waals surface area contributed by atoms with Gasteiger partial charge in [-0.1, -0.05) is 11.6 Å². The van der Waals surface area contributed by atoms with Gasteiger partial charge in [0.05, 0.1) is 17.6 Å². The Kier molecular flexibility index (Phi) is 4.14. The van der Waals surface area contributed by atoms with E-state index >= 15 is 0 Å². The molecule has 0 spiro atoms. The Morgan fingerprint density at radius 2 is 2.10 bits per heavy atom. The number of carbonyl (C=O) groups is 1. The zero-order valence-corrected chi connectivity index (χ0v) is 11.6. The van der Waals surface area contributed by atoms with Crippen LogP contribution in [-0.4, -0.2) is 30.1 Å². The number of ether oxygens (including phenoxy) is 3. The maximum absolute atomic E-state index is 10.3. The van der Waals surface area contributed by atoms with Gasteiger partial charge in [-0.25, -0.2) is 4.79 Å². The molecule has 0 unspecified atom stereocenters. The Hall–Kier alpha value is -2.21. The SMILES string of the molecule is COc1cc2nc(C)cc(OCOC(=O)O)c2cc1Cl. The molecule has 1 aromatic carbocycles. The molecule has 0 bridgehead atoms. The van der Waals surface area contributed by atoms with Gasteiger partial charge in [0.2, 0.25) is 6.79 Å². The van der Waals surface area contributed by atoms with E-state index in [9.17, 15) is 4.79 Å². The van der Waals surface area contributed by atoms with Gasteiger partial charge in [0, 0.05) is 23.2 Å². The summed E-state index contributed by atoms with van der Waals surface area (Å²) in [6.45, 7) is 1.39. The number of benzene rings is 1. The van der Waals surface area contributed by atoms with Crippen LogP contribution in [0, 0.1) is 6.92 Å². The summed E-state index contributed by atoms with van der Waals surface area (Å²) in [6, 6.07) is 5.02. The molecule has 2 aromatic rings. The Balaban J connectivity index is 2.42. The van der Waals surface area contributed by atoms with Gasteiger partial charge in [0.1, 0.15) is 11.5 Å². The summed E-state index contributed by atoms with van der Waals surface area (Å²) in [7, 11) is 1.51. The summed E-state index contributed by atoms with van der Waals surface area (Å²) in [5.74, 6) is 0.948. The largest absolute Gasteiger partial charge is 0.508 e. The second kappa shape index (κ2) is 5.83. The van der Waals surface area contributed by atoms with E-state index in [1.54, 1.807) is 25.1 Å². The van der Waals surface area contributed by atoms with Gasteiger partial charge >= 0.3 is 6.16 Å². The molecular formula is C13H12ClNO5. The second-order valence-corrected chi connectivity index (χ2v) is 4.35. The molecule has 0 aliphatic carbocycles. The van der Waals surface area contributed by atoms with E-state index in [-0.39, 0.29) is 0 Å². The lowest BCUT2D eigenvalue weighted by atomic mass is 10.1. The smallest absolute Gasteiger partial charge is 0.495 e. The van der Waals surface area contributed by atoms with E-state index in [4.69, 9.17) is 26.2 Å². The van der Waals surface area contributed by atoms with Gasteiger partial charge in [0.25, 0.3) is 0 Å². The number of methoxy groups -OCH3 is 1. The number of hydrogen-bond acceptors (Lipinski definition) is 5. The van der Waals surface area contributed by atoms with Gasteiger partial charge in [-0.15, -0.1) is 0 Å². The van der Waals surface area contributed by atoms with Gasteiger partial charge in [0.15, 0.2) is 0 Å². The first kappa shape index (κ1) is 14.2. The molecule has 0 aliphatic rings. The highest BCUT2D eigenvalue weighted by molar-refractivity contribution is 6.32. The van der Waals surface area contributed by atoms with Crippen molar-refractivity contribution >= 4 is 28.7 Å². The molecule has 1 heterocycles. The molecule has 0 atom stereocenters. The maximum Gasteiger partial charge on any atom is 0.508 e. The Morgan fingerprint density at radius 1 is 1.35 bits per heavy atom. The van der Waals surface area contributed by atoms with E-state index < -0.39 is 12.9 Å². The number of aromatic nitrogens is 1. The van der Waals surface area contributed by atoms with E-state index in [0.717, 1.165) is 0 Å². The van der Waals surface area contributed by atoms with E-state index in [0.29, 0.717) is 33.1 Å². The fraction of sp³-hybridized carbons (Fsp3) is 0.231. The van der Waals surface area contributed by atoms with Crippen LogP contribution in [0.1, 0.15) is 5.69 Å². The third-order valence-corrected chi connectivity index (χ3v) is 2.86. The first-order valence-electron chi connectivity index (χ1n) is 5.64. The summed E-state index contributed by atoms with van der Waals surface area (Å²) < 4.78 is 14.8. The zero-order chi connectivity index (χ0) is 14.7. The number of nitrogens with zero attached hydrogens (tertiary/aromatic N) is 1. The van der Waals surface area contributed by atoms with Crippen LogP contribution in [0.25, 0.3) is 10.9 Å². The van der Waals surface area contributed by atoms with Crippen molar-refractivity contribution in [2.24, 2.45) is 0 Å². The fourth-order valence-corrected chi connectivity index (χ4v) is 1.98. The second-order valence-electron chi connectivity index (χ2n) is 3.94. The van der Waals surface area contributed by atoms with Crippen LogP contribution >= 0.6 is 11.6 Å². The van der Waals surface area contributed by atoms with E-state index in [1.807, 2.05) is 0 Å². The van der Waals surface area contributed by atoms with Crippen molar-refractivity contribution in [2.45, 2.75) is 6.92 Å². The van der Waals surface area contributed by atoms with Crippen LogP contribution in [0.5, 0.6) is 11.5 Å². The first-order chi connectivity index (χ1) is 9.51. The number of pyridine rings is 1. The highest BCUT2D eigenvalue weighted by Crippen LogP contribution is 2.34. The fourth-order valence-electron chi connectivity index (χ4n) is 1.74. The minimum Gasteiger partial charge on any atom is -0.495 e. The van der Waals surface area contributed by atoms with Gasteiger partial charge in [-0.2, -0.15) is 0 Å².